The Morgan fingerprint density at radius 1 is 1.44 bits per heavy atom. The Morgan fingerprint density at radius 3 is 2.38 bits per heavy atom. The summed E-state index contributed by atoms with van der Waals surface area (Å²) in [4.78, 5) is 12.5. The van der Waals surface area contributed by atoms with Gasteiger partial charge in [-0.05, 0) is 12.8 Å². The van der Waals surface area contributed by atoms with Crippen molar-refractivity contribution in [3.63, 3.8) is 0 Å². The molecule has 0 unspecified atom stereocenters. The number of alkyl halides is 3. The first-order chi connectivity index (χ1) is 7.29. The zero-order valence-corrected chi connectivity index (χ0v) is 9.47. The molecule has 1 fully saturated rings. The van der Waals surface area contributed by atoms with Crippen LogP contribution in [0.2, 0.25) is 0 Å². The molecule has 1 aliphatic carbocycles. The van der Waals surface area contributed by atoms with Gasteiger partial charge in [0.25, 0.3) is 0 Å². The first kappa shape index (κ1) is 13.3. The molecule has 0 saturated heterocycles. The van der Waals surface area contributed by atoms with Gasteiger partial charge in [0.15, 0.2) is 0 Å². The average Bonchev–Trinajstić information content (AvgIpc) is 2.91. The molecule has 1 aliphatic rings. The van der Waals surface area contributed by atoms with E-state index in [0.717, 1.165) is 4.90 Å². The van der Waals surface area contributed by atoms with Crippen LogP contribution in [0.5, 0.6) is 0 Å². The predicted molar refractivity (Wildman–Crippen MR) is 53.9 cm³/mol. The van der Waals surface area contributed by atoms with Gasteiger partial charge < -0.3 is 10.2 Å². The molecule has 3 nitrogen and oxygen atoms in total. The summed E-state index contributed by atoms with van der Waals surface area (Å²) in [7, 11) is 0. The highest BCUT2D eigenvalue weighted by molar-refractivity contribution is 5.79. The van der Waals surface area contributed by atoms with Gasteiger partial charge in [-0.25, -0.2) is 0 Å². The fourth-order valence-electron chi connectivity index (χ4n) is 1.39. The van der Waals surface area contributed by atoms with Crippen molar-refractivity contribution in [3.8, 4) is 0 Å². The molecule has 6 heteroatoms. The quantitative estimate of drug-likeness (QED) is 0.788. The van der Waals surface area contributed by atoms with Crippen molar-refractivity contribution in [3.05, 3.63) is 0 Å². The fourth-order valence-corrected chi connectivity index (χ4v) is 1.39. The second kappa shape index (κ2) is 5.03. The third-order valence-electron chi connectivity index (χ3n) is 2.32. The minimum Gasteiger partial charge on any atom is -0.330 e. The zero-order chi connectivity index (χ0) is 12.3. The van der Waals surface area contributed by atoms with Crippen LogP contribution in [0, 0.1) is 0 Å². The van der Waals surface area contributed by atoms with Crippen LogP contribution in [0.15, 0.2) is 0 Å². The monoisotopic (exact) mass is 238 g/mol. The van der Waals surface area contributed by atoms with E-state index in [0.29, 0.717) is 12.8 Å². The number of halogens is 3. The maximum absolute atomic E-state index is 12.2. The lowest BCUT2D eigenvalue weighted by atomic mass is 10.3. The van der Waals surface area contributed by atoms with E-state index in [9.17, 15) is 18.0 Å². The van der Waals surface area contributed by atoms with E-state index in [2.05, 4.69) is 5.32 Å². The third-order valence-corrected chi connectivity index (χ3v) is 2.32. The SMILES string of the molecule is CC(C)NCC(=O)N(CC(F)(F)F)C1CC1. The van der Waals surface area contributed by atoms with E-state index in [1.807, 2.05) is 13.8 Å². The largest absolute Gasteiger partial charge is 0.406 e. The van der Waals surface area contributed by atoms with Crippen LogP contribution in [-0.2, 0) is 4.79 Å². The topological polar surface area (TPSA) is 32.3 Å². The molecule has 0 heterocycles. The van der Waals surface area contributed by atoms with Crippen molar-refractivity contribution in [2.75, 3.05) is 13.1 Å². The summed E-state index contributed by atoms with van der Waals surface area (Å²) >= 11 is 0. The number of nitrogens with one attached hydrogen (secondary N) is 1. The lowest BCUT2D eigenvalue weighted by molar-refractivity contribution is -0.161. The van der Waals surface area contributed by atoms with E-state index < -0.39 is 18.6 Å². The van der Waals surface area contributed by atoms with Gasteiger partial charge >= 0.3 is 6.18 Å². The van der Waals surface area contributed by atoms with E-state index in [4.69, 9.17) is 0 Å². The lowest BCUT2D eigenvalue weighted by Gasteiger charge is -2.24. The van der Waals surface area contributed by atoms with Crippen LogP contribution in [0.3, 0.4) is 0 Å². The highest BCUT2D eigenvalue weighted by atomic mass is 19.4. The summed E-state index contributed by atoms with van der Waals surface area (Å²) in [6.07, 6.45) is -2.94. The van der Waals surface area contributed by atoms with Crippen molar-refractivity contribution in [1.82, 2.24) is 10.2 Å². The Labute approximate surface area is 93.0 Å². The molecule has 1 rings (SSSR count). The summed E-state index contributed by atoms with van der Waals surface area (Å²) in [6, 6.07) is -0.112. The first-order valence-corrected chi connectivity index (χ1v) is 5.39. The molecule has 0 spiro atoms. The van der Waals surface area contributed by atoms with Gasteiger partial charge in [-0.2, -0.15) is 13.2 Å². The molecular weight excluding hydrogens is 221 g/mol. The van der Waals surface area contributed by atoms with E-state index in [1.165, 1.54) is 0 Å². The van der Waals surface area contributed by atoms with Crippen molar-refractivity contribution >= 4 is 5.91 Å². The van der Waals surface area contributed by atoms with Crippen LogP contribution in [0.25, 0.3) is 0 Å². The normalized spacial score (nSPS) is 16.6. The summed E-state index contributed by atoms with van der Waals surface area (Å²) in [5, 5.41) is 2.84. The second-order valence-corrected chi connectivity index (χ2v) is 4.40. The molecular formula is C10H17F3N2O. The Bertz CT molecular complexity index is 249. The molecule has 94 valence electrons. The zero-order valence-electron chi connectivity index (χ0n) is 9.47. The Balaban J connectivity index is 2.46. The van der Waals surface area contributed by atoms with E-state index >= 15 is 0 Å². The minimum atomic E-state index is -4.31. The van der Waals surface area contributed by atoms with Crippen LogP contribution in [0.1, 0.15) is 26.7 Å². The van der Waals surface area contributed by atoms with Crippen molar-refractivity contribution < 1.29 is 18.0 Å². The van der Waals surface area contributed by atoms with Crippen LogP contribution in [-0.4, -0.2) is 42.2 Å². The average molecular weight is 238 g/mol. The molecule has 0 aromatic heterocycles. The van der Waals surface area contributed by atoms with Gasteiger partial charge in [-0.3, -0.25) is 4.79 Å². The molecule has 0 atom stereocenters. The maximum Gasteiger partial charge on any atom is 0.406 e. The number of hydrogen-bond acceptors (Lipinski definition) is 2. The molecule has 1 N–H and O–H groups in total. The molecule has 0 bridgehead atoms. The first-order valence-electron chi connectivity index (χ1n) is 5.39. The van der Waals surface area contributed by atoms with Gasteiger partial charge in [0.2, 0.25) is 5.91 Å². The summed E-state index contributed by atoms with van der Waals surface area (Å²) in [6.45, 7) is 2.54. The number of amides is 1. The van der Waals surface area contributed by atoms with Crippen molar-refractivity contribution in [1.29, 1.82) is 0 Å². The Morgan fingerprint density at radius 2 is 2.00 bits per heavy atom. The van der Waals surface area contributed by atoms with Gasteiger partial charge in [-0.15, -0.1) is 0 Å². The van der Waals surface area contributed by atoms with Crippen molar-refractivity contribution in [2.45, 2.75) is 44.9 Å². The van der Waals surface area contributed by atoms with Crippen LogP contribution >= 0.6 is 0 Å². The number of nitrogens with zero attached hydrogens (tertiary/aromatic N) is 1. The fraction of sp³-hybridized carbons (Fsp3) is 0.900. The van der Waals surface area contributed by atoms with E-state index in [-0.39, 0.29) is 18.6 Å². The Hall–Kier alpha value is -0.780. The van der Waals surface area contributed by atoms with Gasteiger partial charge in [-0.1, -0.05) is 13.8 Å². The smallest absolute Gasteiger partial charge is 0.330 e. The number of rotatable bonds is 5. The minimum absolute atomic E-state index is 0.0236. The number of carbonyl (C=O) groups excluding carboxylic acids is 1. The molecule has 0 aromatic rings. The Kier molecular flexibility index (Phi) is 4.18. The van der Waals surface area contributed by atoms with Crippen LogP contribution < -0.4 is 5.32 Å². The molecule has 1 amide bonds. The van der Waals surface area contributed by atoms with Crippen molar-refractivity contribution in [2.24, 2.45) is 0 Å². The van der Waals surface area contributed by atoms with Crippen LogP contribution in [0.4, 0.5) is 13.2 Å². The van der Waals surface area contributed by atoms with Gasteiger partial charge in [0, 0.05) is 12.1 Å². The summed E-state index contributed by atoms with van der Waals surface area (Å²) in [5.74, 6) is -0.464. The summed E-state index contributed by atoms with van der Waals surface area (Å²) in [5.41, 5.74) is 0. The molecule has 0 aromatic carbocycles. The third kappa shape index (κ3) is 4.83. The van der Waals surface area contributed by atoms with Gasteiger partial charge in [0.05, 0.1) is 6.54 Å². The van der Waals surface area contributed by atoms with E-state index in [1.54, 1.807) is 0 Å². The lowest BCUT2D eigenvalue weighted by Crippen LogP contribution is -2.45. The maximum atomic E-state index is 12.2. The highest BCUT2D eigenvalue weighted by Crippen LogP contribution is 2.29. The highest BCUT2D eigenvalue weighted by Gasteiger charge is 2.40. The molecule has 0 radical (unpaired) electrons. The molecule has 0 aliphatic heterocycles. The number of hydrogen-bond donors (Lipinski definition) is 1. The standard InChI is InChI=1S/C10H17F3N2O/c1-7(2)14-5-9(16)15(8-3-4-8)6-10(11,12)13/h7-8,14H,3-6H2,1-2H3. The molecule has 16 heavy (non-hydrogen) atoms. The van der Waals surface area contributed by atoms with Gasteiger partial charge in [0.1, 0.15) is 6.54 Å². The predicted octanol–water partition coefficient (Wildman–Crippen LogP) is 1.54. The second-order valence-electron chi connectivity index (χ2n) is 4.40. The number of carbonyl (C=O) groups is 1. The summed E-state index contributed by atoms with van der Waals surface area (Å²) < 4.78 is 36.7. The molecule has 1 saturated carbocycles.